The van der Waals surface area contributed by atoms with Gasteiger partial charge in [-0.05, 0) is 77.8 Å². The van der Waals surface area contributed by atoms with Crippen molar-refractivity contribution >= 4 is 23.8 Å². The molecular weight excluding hydrogens is 548 g/mol. The molecule has 0 radical (unpaired) electrons. The molecule has 1 aromatic carbocycles. The van der Waals surface area contributed by atoms with E-state index in [1.54, 1.807) is 14.5 Å². The van der Waals surface area contributed by atoms with Crippen molar-refractivity contribution in [3.8, 4) is 0 Å². The Bertz CT molecular complexity index is 1290. The van der Waals surface area contributed by atoms with E-state index < -0.39 is 17.7 Å². The molecule has 3 heterocycles. The first kappa shape index (κ1) is 32.0. The lowest BCUT2D eigenvalue weighted by molar-refractivity contribution is -0.161. The lowest BCUT2D eigenvalue weighted by atomic mass is 9.81. The summed E-state index contributed by atoms with van der Waals surface area (Å²) >= 11 is 0. The van der Waals surface area contributed by atoms with Gasteiger partial charge in [0.05, 0.1) is 11.2 Å². The van der Waals surface area contributed by atoms with E-state index in [0.29, 0.717) is 64.0 Å². The van der Waals surface area contributed by atoms with Crippen LogP contribution in [-0.4, -0.2) is 81.2 Å². The number of carbonyl (C=O) groups is 4. The topological polar surface area (TPSA) is 126 Å². The number of carbonyl (C=O) groups excluding carboxylic acids is 4. The molecule has 4 rings (SSSR count). The maximum Gasteiger partial charge on any atom is 0.407 e. The number of alkyl carbamates (subject to hydrolysis) is 1. The summed E-state index contributed by atoms with van der Waals surface area (Å²) < 4.78 is 7.00. The highest BCUT2D eigenvalue weighted by atomic mass is 16.5. The number of aryl methyl sites for hydroxylation is 1. The van der Waals surface area contributed by atoms with Crippen LogP contribution in [0.2, 0.25) is 0 Å². The molecule has 0 saturated carbocycles. The molecule has 11 heteroatoms. The Labute approximate surface area is 254 Å². The first-order valence-electron chi connectivity index (χ1n) is 15.4. The van der Waals surface area contributed by atoms with E-state index in [1.807, 2.05) is 71.0 Å². The number of benzene rings is 1. The molecule has 1 spiro atoms. The quantitative estimate of drug-likeness (QED) is 0.404. The van der Waals surface area contributed by atoms with Crippen LogP contribution in [0.1, 0.15) is 88.0 Å². The van der Waals surface area contributed by atoms with E-state index in [4.69, 9.17) is 4.74 Å². The largest absolute Gasteiger partial charge is 0.445 e. The Hall–Kier alpha value is -3.89. The molecule has 2 aromatic rings. The number of hydrogen-bond acceptors (Lipinski definition) is 6. The zero-order valence-electron chi connectivity index (χ0n) is 26.1. The third-order valence-electron chi connectivity index (χ3n) is 8.22. The summed E-state index contributed by atoms with van der Waals surface area (Å²) in [6.45, 7) is 11.8. The van der Waals surface area contributed by atoms with Crippen molar-refractivity contribution in [1.82, 2.24) is 30.2 Å². The van der Waals surface area contributed by atoms with Crippen LogP contribution in [-0.2, 0) is 26.5 Å². The van der Waals surface area contributed by atoms with E-state index in [9.17, 15) is 19.2 Å². The molecule has 1 aromatic heterocycles. The third kappa shape index (κ3) is 7.37. The van der Waals surface area contributed by atoms with Gasteiger partial charge < -0.3 is 25.2 Å². The first-order chi connectivity index (χ1) is 20.5. The summed E-state index contributed by atoms with van der Waals surface area (Å²) in [5.74, 6) is -0.320. The highest BCUT2D eigenvalue weighted by Crippen LogP contribution is 2.34. The molecule has 0 aliphatic carbocycles. The molecule has 234 valence electrons. The second-order valence-corrected chi connectivity index (χ2v) is 12.6. The number of rotatable bonds is 10. The summed E-state index contributed by atoms with van der Waals surface area (Å²) in [6.07, 6.45) is 2.83. The minimum absolute atomic E-state index is 0.0714. The number of hydrogen-bond donors (Lipinski definition) is 2. The number of aromatic nitrogens is 2. The van der Waals surface area contributed by atoms with Crippen molar-refractivity contribution in [2.75, 3.05) is 26.2 Å². The van der Waals surface area contributed by atoms with Crippen molar-refractivity contribution in [3.63, 3.8) is 0 Å². The fraction of sp³-hybridized carbons (Fsp3) is 0.594. The second kappa shape index (κ2) is 13.6. The van der Waals surface area contributed by atoms with Gasteiger partial charge in [0.15, 0.2) is 0 Å². The Morgan fingerprint density at radius 3 is 2.47 bits per heavy atom. The van der Waals surface area contributed by atoms with Crippen LogP contribution in [0.25, 0.3) is 0 Å². The van der Waals surface area contributed by atoms with Gasteiger partial charge in [-0.3, -0.25) is 19.1 Å². The number of nitrogens with zero attached hydrogens (tertiary/aromatic N) is 4. The van der Waals surface area contributed by atoms with Crippen LogP contribution in [0, 0.1) is 6.92 Å². The lowest BCUT2D eigenvalue weighted by Gasteiger charge is -2.51. The van der Waals surface area contributed by atoms with Gasteiger partial charge in [0, 0.05) is 26.2 Å². The predicted molar refractivity (Wildman–Crippen MR) is 162 cm³/mol. The zero-order valence-corrected chi connectivity index (χ0v) is 26.1. The fourth-order valence-corrected chi connectivity index (χ4v) is 5.96. The highest BCUT2D eigenvalue weighted by molar-refractivity contribution is 6.00. The number of piperidine rings is 1. The zero-order chi connectivity index (χ0) is 31.2. The molecule has 0 bridgehead atoms. The number of ether oxygens (including phenoxy) is 1. The van der Waals surface area contributed by atoms with E-state index in [1.165, 1.54) is 0 Å². The molecule has 2 fully saturated rings. The average molecular weight is 595 g/mol. The van der Waals surface area contributed by atoms with Crippen LogP contribution in [0.15, 0.2) is 36.4 Å². The third-order valence-corrected chi connectivity index (χ3v) is 8.22. The number of likely N-dealkylation sites (tertiary alicyclic amines) is 1. The van der Waals surface area contributed by atoms with E-state index in [0.717, 1.165) is 17.7 Å². The number of nitrogens with one attached hydrogen (secondary N) is 2. The molecule has 2 aliphatic heterocycles. The Morgan fingerprint density at radius 2 is 1.81 bits per heavy atom. The van der Waals surface area contributed by atoms with Crippen molar-refractivity contribution in [1.29, 1.82) is 0 Å². The maximum absolute atomic E-state index is 13.7. The van der Waals surface area contributed by atoms with Gasteiger partial charge in [0.25, 0.3) is 5.91 Å². The molecule has 11 nitrogen and oxygen atoms in total. The summed E-state index contributed by atoms with van der Waals surface area (Å²) in [6, 6.07) is 10.7. The number of unbranched alkanes of at least 4 members (excludes halogenated alkanes) is 1. The maximum atomic E-state index is 13.7. The van der Waals surface area contributed by atoms with E-state index >= 15 is 0 Å². The molecule has 43 heavy (non-hydrogen) atoms. The van der Waals surface area contributed by atoms with Gasteiger partial charge in [0.1, 0.15) is 23.9 Å². The normalized spacial score (nSPS) is 18.5. The fourth-order valence-electron chi connectivity index (χ4n) is 5.96. The second-order valence-electron chi connectivity index (χ2n) is 12.6. The standard InChI is InChI=1S/C32H46N6O5/c1-6-18-37-27(39)25(14-10-11-17-33-30(42)43-22-24-12-8-7-9-13-24)34-29(41)32(37)15-19-36(20-16-32)28(40)26-21-23(2)35-38(26)31(3,4)5/h7-9,12-13,21,25H,6,10-11,14-20,22H2,1-5H3,(H,33,42)(H,34,41)/t25-/m0/s1. The average Bonchev–Trinajstić information content (AvgIpc) is 3.39. The van der Waals surface area contributed by atoms with Gasteiger partial charge in [-0.1, -0.05) is 37.3 Å². The van der Waals surface area contributed by atoms with Gasteiger partial charge in [-0.15, -0.1) is 0 Å². The summed E-state index contributed by atoms with van der Waals surface area (Å²) in [5, 5.41) is 10.3. The molecule has 1 atom stereocenters. The Kier molecular flexibility index (Phi) is 10.1. The first-order valence-corrected chi connectivity index (χ1v) is 15.4. The summed E-state index contributed by atoms with van der Waals surface area (Å²) in [5.41, 5.74) is 0.932. The Balaban J connectivity index is 1.29. The molecule has 0 unspecified atom stereocenters. The van der Waals surface area contributed by atoms with Gasteiger partial charge in [-0.2, -0.15) is 5.10 Å². The lowest BCUT2D eigenvalue weighted by Crippen LogP contribution is -2.73. The van der Waals surface area contributed by atoms with E-state index in [-0.39, 0.29) is 29.9 Å². The van der Waals surface area contributed by atoms with Crippen molar-refractivity contribution in [3.05, 3.63) is 53.3 Å². The van der Waals surface area contributed by atoms with Crippen LogP contribution >= 0.6 is 0 Å². The van der Waals surface area contributed by atoms with Crippen molar-refractivity contribution in [2.24, 2.45) is 0 Å². The van der Waals surface area contributed by atoms with Crippen LogP contribution < -0.4 is 10.6 Å². The molecule has 4 amide bonds. The van der Waals surface area contributed by atoms with Crippen LogP contribution in [0.3, 0.4) is 0 Å². The highest BCUT2D eigenvalue weighted by Gasteiger charge is 2.53. The van der Waals surface area contributed by atoms with Crippen molar-refractivity contribution < 1.29 is 23.9 Å². The molecule has 2 saturated heterocycles. The summed E-state index contributed by atoms with van der Waals surface area (Å²) in [7, 11) is 0. The molecule has 2 aliphatic rings. The van der Waals surface area contributed by atoms with Crippen molar-refractivity contribution in [2.45, 2.75) is 96.9 Å². The molecule has 2 N–H and O–H groups in total. The van der Waals surface area contributed by atoms with Crippen LogP contribution in [0.5, 0.6) is 0 Å². The van der Waals surface area contributed by atoms with Gasteiger partial charge in [-0.25, -0.2) is 4.79 Å². The SMILES string of the molecule is CCCN1C(=O)[C@H](CCCCNC(=O)OCc2ccccc2)NC(=O)C12CCN(C(=O)c1cc(C)nn1C(C)(C)C)CC2. The predicted octanol–water partition coefficient (Wildman–Crippen LogP) is 3.76. The number of amides is 4. The van der Waals surface area contributed by atoms with Gasteiger partial charge in [0.2, 0.25) is 11.8 Å². The summed E-state index contributed by atoms with van der Waals surface area (Å²) in [4.78, 5) is 56.3. The minimum Gasteiger partial charge on any atom is -0.445 e. The minimum atomic E-state index is -0.954. The number of piperazine rings is 1. The van der Waals surface area contributed by atoms with E-state index in [2.05, 4.69) is 15.7 Å². The monoisotopic (exact) mass is 594 g/mol. The smallest absolute Gasteiger partial charge is 0.407 e. The molecular formula is C32H46N6O5. The Morgan fingerprint density at radius 1 is 1.12 bits per heavy atom. The van der Waals surface area contributed by atoms with Gasteiger partial charge >= 0.3 is 6.09 Å². The van der Waals surface area contributed by atoms with Crippen LogP contribution in [0.4, 0.5) is 4.79 Å².